The van der Waals surface area contributed by atoms with Gasteiger partial charge >= 0.3 is 6.18 Å². The minimum Gasteiger partial charge on any atom is -0.307 e. The summed E-state index contributed by atoms with van der Waals surface area (Å²) in [7, 11) is 0. The van der Waals surface area contributed by atoms with E-state index in [1.807, 2.05) is 6.92 Å². The molecule has 19 heavy (non-hydrogen) atoms. The third-order valence-corrected chi connectivity index (χ3v) is 3.22. The number of rotatable bonds is 11. The van der Waals surface area contributed by atoms with Crippen LogP contribution in [0.15, 0.2) is 0 Å². The van der Waals surface area contributed by atoms with Crippen molar-refractivity contribution in [2.75, 3.05) is 52.4 Å². The largest absolute Gasteiger partial charge is 0.401 e. The summed E-state index contributed by atoms with van der Waals surface area (Å²) in [6.45, 7) is 11.5. The molecule has 0 unspecified atom stereocenters. The fourth-order valence-electron chi connectivity index (χ4n) is 1.95. The monoisotopic (exact) mass is 283 g/mol. The van der Waals surface area contributed by atoms with Gasteiger partial charge in [0.05, 0.1) is 6.54 Å². The smallest absolute Gasteiger partial charge is 0.307 e. The lowest BCUT2D eigenvalue weighted by atomic mass is 10.3. The highest BCUT2D eigenvalue weighted by molar-refractivity contribution is 4.62. The summed E-state index contributed by atoms with van der Waals surface area (Å²) < 4.78 is 35.8. The van der Waals surface area contributed by atoms with Crippen LogP contribution in [0, 0.1) is 0 Å². The molecule has 0 atom stereocenters. The van der Waals surface area contributed by atoms with Crippen LogP contribution in [0.2, 0.25) is 0 Å². The highest BCUT2D eigenvalue weighted by Crippen LogP contribution is 2.11. The Morgan fingerprint density at radius 3 is 1.84 bits per heavy atom. The van der Waals surface area contributed by atoms with Gasteiger partial charge in [-0.2, -0.15) is 13.2 Å². The molecule has 0 heterocycles. The summed E-state index contributed by atoms with van der Waals surface area (Å²) in [6.07, 6.45) is -3.05. The van der Waals surface area contributed by atoms with E-state index in [-0.39, 0.29) is 0 Å². The van der Waals surface area contributed by atoms with Gasteiger partial charge in [-0.3, -0.25) is 0 Å². The zero-order valence-electron chi connectivity index (χ0n) is 12.4. The van der Waals surface area contributed by atoms with E-state index < -0.39 is 12.7 Å². The van der Waals surface area contributed by atoms with E-state index in [0.29, 0.717) is 13.1 Å². The Kier molecular flexibility index (Phi) is 10.3. The van der Waals surface area contributed by atoms with Crippen molar-refractivity contribution in [3.8, 4) is 0 Å². The molecule has 0 aliphatic heterocycles. The van der Waals surface area contributed by atoms with E-state index in [0.717, 1.165) is 39.1 Å². The molecule has 0 bridgehead atoms. The van der Waals surface area contributed by atoms with Crippen molar-refractivity contribution >= 4 is 0 Å². The predicted octanol–water partition coefficient (Wildman–Crippen LogP) is 2.19. The molecule has 0 radical (unpaired) electrons. The lowest BCUT2D eigenvalue weighted by Gasteiger charge is -2.23. The van der Waals surface area contributed by atoms with Gasteiger partial charge in [-0.15, -0.1) is 0 Å². The molecule has 6 heteroatoms. The second kappa shape index (κ2) is 10.5. The van der Waals surface area contributed by atoms with E-state index in [2.05, 4.69) is 29.0 Å². The third kappa shape index (κ3) is 11.2. The number of hydrogen-bond donors (Lipinski definition) is 1. The Balaban J connectivity index is 3.66. The van der Waals surface area contributed by atoms with E-state index in [1.165, 1.54) is 0 Å². The fourth-order valence-corrected chi connectivity index (χ4v) is 1.95. The average molecular weight is 283 g/mol. The molecule has 116 valence electrons. The first kappa shape index (κ1) is 18.7. The molecule has 0 saturated carbocycles. The Hall–Kier alpha value is -0.330. The quantitative estimate of drug-likeness (QED) is 0.586. The molecule has 0 saturated heterocycles. The standard InChI is InChI=1S/C13H28F3N3/c1-4-18(5-2)9-7-10-19(6-3)11-8-17-12-13(14,15)16/h17H,4-12H2,1-3H3. The molecule has 3 nitrogen and oxygen atoms in total. The second-order valence-electron chi connectivity index (χ2n) is 4.61. The predicted molar refractivity (Wildman–Crippen MR) is 73.4 cm³/mol. The van der Waals surface area contributed by atoms with Crippen molar-refractivity contribution < 1.29 is 13.2 Å². The van der Waals surface area contributed by atoms with E-state index in [1.54, 1.807) is 0 Å². The van der Waals surface area contributed by atoms with Gasteiger partial charge in [0.25, 0.3) is 0 Å². The van der Waals surface area contributed by atoms with Crippen LogP contribution in [0.1, 0.15) is 27.2 Å². The van der Waals surface area contributed by atoms with Crippen LogP contribution in [0.25, 0.3) is 0 Å². The van der Waals surface area contributed by atoms with Crippen molar-refractivity contribution in [2.24, 2.45) is 0 Å². The molecule has 0 fully saturated rings. The van der Waals surface area contributed by atoms with Gasteiger partial charge < -0.3 is 15.1 Å². The summed E-state index contributed by atoms with van der Waals surface area (Å²) in [5.74, 6) is 0. The molecule has 0 aromatic carbocycles. The molecule has 0 spiro atoms. The first-order chi connectivity index (χ1) is 8.92. The van der Waals surface area contributed by atoms with Crippen LogP contribution in [0.5, 0.6) is 0 Å². The Morgan fingerprint density at radius 2 is 1.37 bits per heavy atom. The van der Waals surface area contributed by atoms with Crippen LogP contribution in [-0.2, 0) is 0 Å². The van der Waals surface area contributed by atoms with Crippen molar-refractivity contribution in [3.63, 3.8) is 0 Å². The van der Waals surface area contributed by atoms with Gasteiger partial charge in [0.2, 0.25) is 0 Å². The summed E-state index contributed by atoms with van der Waals surface area (Å²) >= 11 is 0. The first-order valence-electron chi connectivity index (χ1n) is 7.15. The number of halogens is 3. The van der Waals surface area contributed by atoms with Crippen LogP contribution in [0.4, 0.5) is 13.2 Å². The van der Waals surface area contributed by atoms with Crippen molar-refractivity contribution in [1.29, 1.82) is 0 Å². The first-order valence-corrected chi connectivity index (χ1v) is 7.15. The van der Waals surface area contributed by atoms with Gasteiger partial charge in [-0.05, 0) is 39.1 Å². The number of likely N-dealkylation sites (N-methyl/N-ethyl adjacent to an activating group) is 1. The Bertz CT molecular complexity index is 206. The average Bonchev–Trinajstić information content (AvgIpc) is 2.36. The van der Waals surface area contributed by atoms with Gasteiger partial charge in [0.15, 0.2) is 0 Å². The van der Waals surface area contributed by atoms with Crippen molar-refractivity contribution in [2.45, 2.75) is 33.4 Å². The summed E-state index contributed by atoms with van der Waals surface area (Å²) in [5.41, 5.74) is 0. The molecule has 0 aliphatic rings. The molecule has 0 amide bonds. The number of hydrogen-bond acceptors (Lipinski definition) is 3. The molecular formula is C13H28F3N3. The maximum Gasteiger partial charge on any atom is 0.401 e. The van der Waals surface area contributed by atoms with Crippen LogP contribution >= 0.6 is 0 Å². The van der Waals surface area contributed by atoms with E-state index in [4.69, 9.17) is 0 Å². The SMILES string of the molecule is CCN(CC)CCCN(CC)CCNCC(F)(F)F. The van der Waals surface area contributed by atoms with E-state index in [9.17, 15) is 13.2 Å². The molecule has 0 rings (SSSR count). The van der Waals surface area contributed by atoms with Crippen LogP contribution in [-0.4, -0.2) is 68.3 Å². The van der Waals surface area contributed by atoms with Crippen molar-refractivity contribution in [3.05, 3.63) is 0 Å². The van der Waals surface area contributed by atoms with Crippen molar-refractivity contribution in [1.82, 2.24) is 15.1 Å². The molecular weight excluding hydrogens is 255 g/mol. The minimum absolute atomic E-state index is 0.388. The van der Waals surface area contributed by atoms with Gasteiger partial charge in [-0.25, -0.2) is 0 Å². The number of nitrogens with zero attached hydrogens (tertiary/aromatic N) is 2. The normalized spacial score (nSPS) is 12.6. The van der Waals surface area contributed by atoms with Crippen LogP contribution < -0.4 is 5.32 Å². The second-order valence-corrected chi connectivity index (χ2v) is 4.61. The summed E-state index contributed by atoms with van der Waals surface area (Å²) in [6, 6.07) is 0. The molecule has 0 aliphatic carbocycles. The molecule has 1 N–H and O–H groups in total. The maximum atomic E-state index is 11.9. The number of alkyl halides is 3. The zero-order chi connectivity index (χ0) is 14.7. The minimum atomic E-state index is -4.11. The highest BCUT2D eigenvalue weighted by atomic mass is 19.4. The lowest BCUT2D eigenvalue weighted by molar-refractivity contribution is -0.124. The van der Waals surface area contributed by atoms with Crippen LogP contribution in [0.3, 0.4) is 0 Å². The van der Waals surface area contributed by atoms with Gasteiger partial charge in [-0.1, -0.05) is 20.8 Å². The third-order valence-electron chi connectivity index (χ3n) is 3.22. The maximum absolute atomic E-state index is 11.9. The number of nitrogens with one attached hydrogen (secondary N) is 1. The topological polar surface area (TPSA) is 18.5 Å². The molecule has 0 aromatic heterocycles. The highest BCUT2D eigenvalue weighted by Gasteiger charge is 2.25. The van der Waals surface area contributed by atoms with Gasteiger partial charge in [0.1, 0.15) is 0 Å². The lowest BCUT2D eigenvalue weighted by Crippen LogP contribution is -2.37. The van der Waals surface area contributed by atoms with E-state index >= 15 is 0 Å². The Morgan fingerprint density at radius 1 is 0.842 bits per heavy atom. The fraction of sp³-hybridized carbons (Fsp3) is 1.00. The Labute approximate surface area is 115 Å². The summed E-state index contributed by atoms with van der Waals surface area (Å²) in [5, 5.41) is 2.43. The zero-order valence-corrected chi connectivity index (χ0v) is 12.4. The molecule has 0 aromatic rings. The van der Waals surface area contributed by atoms with Gasteiger partial charge in [0, 0.05) is 13.1 Å². The summed E-state index contributed by atoms with van der Waals surface area (Å²) in [4.78, 5) is 4.54.